The normalized spacial score (nSPS) is 21.8. The smallest absolute Gasteiger partial charge is 0.221 e. The van der Waals surface area contributed by atoms with E-state index in [2.05, 4.69) is 17.6 Å². The summed E-state index contributed by atoms with van der Waals surface area (Å²) in [6, 6.07) is 0.711. The van der Waals surface area contributed by atoms with Crippen molar-refractivity contribution in [1.82, 2.24) is 10.6 Å². The summed E-state index contributed by atoms with van der Waals surface area (Å²) in [7, 11) is 0. The summed E-state index contributed by atoms with van der Waals surface area (Å²) in [6.45, 7) is 3.97. The average molecular weight is 224 g/mol. The molecule has 3 nitrogen and oxygen atoms in total. The van der Waals surface area contributed by atoms with Crippen LogP contribution in [0.5, 0.6) is 0 Å². The van der Waals surface area contributed by atoms with Gasteiger partial charge in [0.05, 0.1) is 0 Å². The zero-order valence-electron chi connectivity index (χ0n) is 10.3. The maximum Gasteiger partial charge on any atom is 0.221 e. The molecular formula is C13H24N2O. The van der Waals surface area contributed by atoms with Gasteiger partial charge in [-0.15, -0.1) is 0 Å². The van der Waals surface area contributed by atoms with Gasteiger partial charge in [-0.05, 0) is 37.5 Å². The molecule has 0 saturated heterocycles. The van der Waals surface area contributed by atoms with Crippen molar-refractivity contribution < 1.29 is 4.79 Å². The van der Waals surface area contributed by atoms with Gasteiger partial charge in [0.1, 0.15) is 0 Å². The van der Waals surface area contributed by atoms with E-state index >= 15 is 0 Å². The number of hydrogen-bond acceptors (Lipinski definition) is 2. The molecule has 1 amide bonds. The first-order chi connectivity index (χ1) is 7.74. The molecule has 2 aliphatic carbocycles. The highest BCUT2D eigenvalue weighted by Gasteiger charge is 2.41. The van der Waals surface area contributed by atoms with E-state index in [1.54, 1.807) is 0 Å². The van der Waals surface area contributed by atoms with E-state index in [-0.39, 0.29) is 5.91 Å². The molecule has 2 N–H and O–H groups in total. The van der Waals surface area contributed by atoms with Gasteiger partial charge < -0.3 is 10.6 Å². The highest BCUT2D eigenvalue weighted by molar-refractivity contribution is 5.76. The number of amides is 1. The fraction of sp³-hybridized carbons (Fsp3) is 0.923. The maximum atomic E-state index is 11.6. The molecule has 0 unspecified atom stereocenters. The standard InChI is InChI=1S/C13H24N2O/c1-2-6-13(7-8-13)10-15-12(16)5-9-14-11-3-4-11/h11,14H,2-10H2,1H3,(H,15,16). The minimum atomic E-state index is 0.218. The third-order valence-corrected chi connectivity index (χ3v) is 3.76. The van der Waals surface area contributed by atoms with E-state index in [1.807, 2.05) is 0 Å². The molecule has 3 heteroatoms. The van der Waals surface area contributed by atoms with E-state index in [4.69, 9.17) is 0 Å². The van der Waals surface area contributed by atoms with Crippen molar-refractivity contribution in [2.75, 3.05) is 13.1 Å². The van der Waals surface area contributed by atoms with E-state index in [0.29, 0.717) is 17.9 Å². The number of nitrogens with one attached hydrogen (secondary N) is 2. The van der Waals surface area contributed by atoms with Crippen LogP contribution in [0.4, 0.5) is 0 Å². The van der Waals surface area contributed by atoms with Crippen LogP contribution in [0.3, 0.4) is 0 Å². The third-order valence-electron chi connectivity index (χ3n) is 3.76. The molecule has 92 valence electrons. The lowest BCUT2D eigenvalue weighted by atomic mass is 10.0. The SMILES string of the molecule is CCCC1(CNC(=O)CCNC2CC2)CC1. The summed E-state index contributed by atoms with van der Waals surface area (Å²) in [4.78, 5) is 11.6. The van der Waals surface area contributed by atoms with Crippen molar-refractivity contribution in [3.8, 4) is 0 Å². The Bertz CT molecular complexity index is 244. The van der Waals surface area contributed by atoms with Crippen LogP contribution in [0.1, 0.15) is 51.9 Å². The molecule has 2 saturated carbocycles. The zero-order valence-corrected chi connectivity index (χ0v) is 10.3. The molecule has 0 aromatic rings. The lowest BCUT2D eigenvalue weighted by Crippen LogP contribution is -2.32. The van der Waals surface area contributed by atoms with Crippen molar-refractivity contribution in [3.63, 3.8) is 0 Å². The number of rotatable bonds is 8. The minimum Gasteiger partial charge on any atom is -0.356 e. The van der Waals surface area contributed by atoms with Crippen LogP contribution in [0.2, 0.25) is 0 Å². The van der Waals surface area contributed by atoms with Gasteiger partial charge in [-0.3, -0.25) is 4.79 Å². The highest BCUT2D eigenvalue weighted by Crippen LogP contribution is 2.48. The van der Waals surface area contributed by atoms with Crippen molar-refractivity contribution >= 4 is 5.91 Å². The fourth-order valence-electron chi connectivity index (χ4n) is 2.27. The predicted molar refractivity (Wildman–Crippen MR) is 65.2 cm³/mol. The molecule has 0 aliphatic heterocycles. The summed E-state index contributed by atoms with van der Waals surface area (Å²) in [5, 5.41) is 6.45. The third kappa shape index (κ3) is 3.78. The second-order valence-corrected chi connectivity index (χ2v) is 5.51. The minimum absolute atomic E-state index is 0.218. The van der Waals surface area contributed by atoms with Crippen LogP contribution in [0.15, 0.2) is 0 Å². The van der Waals surface area contributed by atoms with Gasteiger partial charge in [0.25, 0.3) is 0 Å². The van der Waals surface area contributed by atoms with Gasteiger partial charge in [0.2, 0.25) is 5.91 Å². The van der Waals surface area contributed by atoms with Gasteiger partial charge in [-0.25, -0.2) is 0 Å². The van der Waals surface area contributed by atoms with E-state index in [0.717, 1.165) is 13.1 Å². The first-order valence-electron chi connectivity index (χ1n) is 6.74. The maximum absolute atomic E-state index is 11.6. The van der Waals surface area contributed by atoms with Crippen LogP contribution in [0.25, 0.3) is 0 Å². The molecule has 16 heavy (non-hydrogen) atoms. The van der Waals surface area contributed by atoms with Crippen molar-refractivity contribution in [3.05, 3.63) is 0 Å². The molecule has 0 spiro atoms. The fourth-order valence-corrected chi connectivity index (χ4v) is 2.27. The summed E-state index contributed by atoms with van der Waals surface area (Å²) in [5.74, 6) is 0.218. The molecule has 0 bridgehead atoms. The Morgan fingerprint density at radius 2 is 2.12 bits per heavy atom. The molecule has 2 rings (SSSR count). The molecule has 0 aromatic heterocycles. The first kappa shape index (κ1) is 11.9. The van der Waals surface area contributed by atoms with Crippen molar-refractivity contribution in [1.29, 1.82) is 0 Å². The summed E-state index contributed by atoms with van der Waals surface area (Å²) in [6.07, 6.45) is 8.34. The summed E-state index contributed by atoms with van der Waals surface area (Å²) in [5.41, 5.74) is 0.480. The molecule has 0 heterocycles. The molecule has 0 radical (unpaired) electrons. The number of carbonyl (C=O) groups is 1. The molecule has 2 fully saturated rings. The van der Waals surface area contributed by atoms with E-state index in [9.17, 15) is 4.79 Å². The van der Waals surface area contributed by atoms with Crippen LogP contribution in [0, 0.1) is 5.41 Å². The molecular weight excluding hydrogens is 200 g/mol. The van der Waals surface area contributed by atoms with E-state index < -0.39 is 0 Å². The van der Waals surface area contributed by atoms with Crippen LogP contribution in [-0.4, -0.2) is 25.0 Å². The zero-order chi connectivity index (χ0) is 11.4. The lowest BCUT2D eigenvalue weighted by Gasteiger charge is -2.14. The van der Waals surface area contributed by atoms with E-state index in [1.165, 1.54) is 38.5 Å². The Labute approximate surface area is 98.4 Å². The Hall–Kier alpha value is -0.570. The summed E-state index contributed by atoms with van der Waals surface area (Å²) >= 11 is 0. The van der Waals surface area contributed by atoms with Crippen molar-refractivity contribution in [2.24, 2.45) is 5.41 Å². The van der Waals surface area contributed by atoms with Gasteiger partial charge in [-0.1, -0.05) is 13.3 Å². The predicted octanol–water partition coefficient (Wildman–Crippen LogP) is 1.82. The lowest BCUT2D eigenvalue weighted by molar-refractivity contribution is -0.121. The second-order valence-electron chi connectivity index (χ2n) is 5.51. The van der Waals surface area contributed by atoms with Crippen LogP contribution < -0.4 is 10.6 Å². The van der Waals surface area contributed by atoms with Gasteiger partial charge in [-0.2, -0.15) is 0 Å². The van der Waals surface area contributed by atoms with Crippen molar-refractivity contribution in [2.45, 2.75) is 57.9 Å². The van der Waals surface area contributed by atoms with Gasteiger partial charge in [0.15, 0.2) is 0 Å². The van der Waals surface area contributed by atoms with Crippen LogP contribution >= 0.6 is 0 Å². The monoisotopic (exact) mass is 224 g/mol. The molecule has 0 aromatic carbocycles. The largest absolute Gasteiger partial charge is 0.356 e. The quantitative estimate of drug-likeness (QED) is 0.660. The Morgan fingerprint density at radius 1 is 1.38 bits per heavy atom. The van der Waals surface area contributed by atoms with Gasteiger partial charge in [0, 0.05) is 25.6 Å². The highest BCUT2D eigenvalue weighted by atomic mass is 16.1. The van der Waals surface area contributed by atoms with Crippen LogP contribution in [-0.2, 0) is 4.79 Å². The average Bonchev–Trinajstić information content (AvgIpc) is 3.12. The Balaban J connectivity index is 1.52. The summed E-state index contributed by atoms with van der Waals surface area (Å²) < 4.78 is 0. The first-order valence-corrected chi connectivity index (χ1v) is 6.74. The Kier molecular flexibility index (Phi) is 3.85. The molecule has 2 aliphatic rings. The Morgan fingerprint density at radius 3 is 2.69 bits per heavy atom. The van der Waals surface area contributed by atoms with Gasteiger partial charge >= 0.3 is 0 Å². The molecule has 0 atom stereocenters. The number of carbonyl (C=O) groups excluding carboxylic acids is 1. The number of hydrogen-bond donors (Lipinski definition) is 2. The second kappa shape index (κ2) is 5.17. The topological polar surface area (TPSA) is 41.1 Å².